The number of carbonyl (C=O) groups is 2. The van der Waals surface area contributed by atoms with Gasteiger partial charge in [0.05, 0.1) is 22.9 Å². The Morgan fingerprint density at radius 3 is 2.56 bits per heavy atom. The number of nitrogens with zero attached hydrogens (tertiary/aromatic N) is 2. The van der Waals surface area contributed by atoms with Gasteiger partial charge in [-0.15, -0.1) is 0 Å². The number of Topliss-reactive ketones (excluding diaryl/α,β-unsaturated/α-hetero) is 1. The van der Waals surface area contributed by atoms with Crippen molar-refractivity contribution in [2.24, 2.45) is 0 Å². The summed E-state index contributed by atoms with van der Waals surface area (Å²) in [5.74, 6) is 0.541. The Balaban J connectivity index is 1.31. The van der Waals surface area contributed by atoms with E-state index < -0.39 is 5.97 Å². The van der Waals surface area contributed by atoms with E-state index in [1.807, 2.05) is 33.8 Å². The Morgan fingerprint density at radius 2 is 1.91 bits per heavy atom. The molecule has 3 aromatic rings. The normalized spacial score (nSPS) is 15.5. The Kier molecular flexibility index (Phi) is 7.17. The highest BCUT2D eigenvalue weighted by molar-refractivity contribution is 6.00. The molecular weight excluding hydrogens is 436 g/mol. The van der Waals surface area contributed by atoms with Gasteiger partial charge >= 0.3 is 5.97 Å². The summed E-state index contributed by atoms with van der Waals surface area (Å²) in [5, 5.41) is 3.91. The Hall–Kier alpha value is -3.39. The van der Waals surface area contributed by atoms with Crippen LogP contribution in [0.15, 0.2) is 34.9 Å². The van der Waals surface area contributed by atoms with Gasteiger partial charge in [0.1, 0.15) is 18.1 Å². The summed E-state index contributed by atoms with van der Waals surface area (Å²) < 4.78 is 24.0. The number of ether oxygens (including phenoxy) is 3. The number of aryl methyl sites for hydroxylation is 3. The molecule has 0 bridgehead atoms. The molecule has 0 N–H and O–H groups in total. The predicted molar refractivity (Wildman–Crippen MR) is 124 cm³/mol. The third-order valence-electron chi connectivity index (χ3n) is 6.27. The minimum Gasteiger partial charge on any atom is -0.489 e. The minimum atomic E-state index is -0.557. The highest BCUT2D eigenvalue weighted by atomic mass is 16.5. The second-order valence-corrected chi connectivity index (χ2v) is 8.65. The first-order valence-corrected chi connectivity index (χ1v) is 11.5. The molecular formula is C26H30N2O6. The van der Waals surface area contributed by atoms with Crippen molar-refractivity contribution in [3.63, 3.8) is 0 Å². The molecule has 1 aliphatic rings. The van der Waals surface area contributed by atoms with Crippen LogP contribution in [-0.2, 0) is 22.6 Å². The molecule has 1 saturated heterocycles. The van der Waals surface area contributed by atoms with Gasteiger partial charge in [-0.25, -0.2) is 4.79 Å². The van der Waals surface area contributed by atoms with Crippen LogP contribution in [0.2, 0.25) is 0 Å². The monoisotopic (exact) mass is 466 g/mol. The van der Waals surface area contributed by atoms with Crippen molar-refractivity contribution in [2.45, 2.75) is 59.8 Å². The van der Waals surface area contributed by atoms with Crippen molar-refractivity contribution in [3.8, 4) is 5.75 Å². The molecule has 34 heavy (non-hydrogen) atoms. The molecule has 1 unspecified atom stereocenters. The van der Waals surface area contributed by atoms with Crippen LogP contribution in [0.25, 0.3) is 0 Å². The van der Waals surface area contributed by atoms with Crippen LogP contribution in [0.1, 0.15) is 62.0 Å². The van der Waals surface area contributed by atoms with Gasteiger partial charge in [0.25, 0.3) is 0 Å². The maximum absolute atomic E-state index is 12.8. The number of aromatic nitrogens is 2. The molecule has 0 saturated carbocycles. The quantitative estimate of drug-likeness (QED) is 0.338. The van der Waals surface area contributed by atoms with Gasteiger partial charge in [-0.2, -0.15) is 0 Å². The molecule has 1 fully saturated rings. The molecule has 0 spiro atoms. The lowest BCUT2D eigenvalue weighted by Gasteiger charge is -2.14. The van der Waals surface area contributed by atoms with Crippen LogP contribution >= 0.6 is 0 Å². The van der Waals surface area contributed by atoms with Crippen molar-refractivity contribution < 1.29 is 28.3 Å². The van der Waals surface area contributed by atoms with Gasteiger partial charge in [0.2, 0.25) is 5.78 Å². The first kappa shape index (κ1) is 23.8. The number of hydrogen-bond donors (Lipinski definition) is 0. The SMILES string of the molecule is Cc1noc(C)c1COc1ccc(C(=O)OCC(=O)c2cc(C)n(CC3CCCO3)c2C)cc1. The highest BCUT2D eigenvalue weighted by Gasteiger charge is 2.22. The molecule has 180 valence electrons. The topological polar surface area (TPSA) is 92.8 Å². The largest absolute Gasteiger partial charge is 0.489 e. The second-order valence-electron chi connectivity index (χ2n) is 8.65. The zero-order valence-electron chi connectivity index (χ0n) is 20.1. The number of carbonyl (C=O) groups excluding carboxylic acids is 2. The third-order valence-corrected chi connectivity index (χ3v) is 6.27. The van der Waals surface area contributed by atoms with Gasteiger partial charge in [-0.1, -0.05) is 5.16 Å². The van der Waals surface area contributed by atoms with E-state index >= 15 is 0 Å². The van der Waals surface area contributed by atoms with Crippen LogP contribution in [0.5, 0.6) is 5.75 Å². The van der Waals surface area contributed by atoms with E-state index in [1.54, 1.807) is 24.3 Å². The summed E-state index contributed by atoms with van der Waals surface area (Å²) in [5.41, 5.74) is 4.48. The Morgan fingerprint density at radius 1 is 1.15 bits per heavy atom. The zero-order chi connectivity index (χ0) is 24.2. The fourth-order valence-corrected chi connectivity index (χ4v) is 4.20. The van der Waals surface area contributed by atoms with Crippen LogP contribution in [0.4, 0.5) is 0 Å². The van der Waals surface area contributed by atoms with E-state index in [0.717, 1.165) is 54.4 Å². The Labute approximate surface area is 198 Å². The number of hydrogen-bond acceptors (Lipinski definition) is 7. The maximum atomic E-state index is 12.8. The molecule has 8 heteroatoms. The van der Waals surface area contributed by atoms with Gasteiger partial charge in [0.15, 0.2) is 6.61 Å². The van der Waals surface area contributed by atoms with E-state index in [-0.39, 0.29) is 18.5 Å². The lowest BCUT2D eigenvalue weighted by Crippen LogP contribution is -2.18. The molecule has 0 radical (unpaired) electrons. The second kappa shape index (κ2) is 10.3. The lowest BCUT2D eigenvalue weighted by molar-refractivity contribution is 0.0474. The van der Waals surface area contributed by atoms with Crippen LogP contribution in [0, 0.1) is 27.7 Å². The molecule has 1 aromatic carbocycles. The number of benzene rings is 1. The first-order valence-electron chi connectivity index (χ1n) is 11.5. The summed E-state index contributed by atoms with van der Waals surface area (Å²) in [6, 6.07) is 8.46. The average Bonchev–Trinajstić information content (AvgIpc) is 3.53. The standard InChI is InChI=1S/C26H30N2O6/c1-16-12-23(18(3)28(16)13-22-6-5-11-31-22)25(29)15-33-26(30)20-7-9-21(10-8-20)32-14-24-17(2)27-34-19(24)4/h7-10,12,22H,5-6,11,13-15H2,1-4H3. The summed E-state index contributed by atoms with van der Waals surface area (Å²) >= 11 is 0. The summed E-state index contributed by atoms with van der Waals surface area (Å²) in [6.07, 6.45) is 2.28. The van der Waals surface area contributed by atoms with Gasteiger partial charge in [-0.3, -0.25) is 4.79 Å². The van der Waals surface area contributed by atoms with Crippen molar-refractivity contribution in [1.29, 1.82) is 0 Å². The van der Waals surface area contributed by atoms with E-state index in [2.05, 4.69) is 9.72 Å². The fourth-order valence-electron chi connectivity index (χ4n) is 4.20. The van der Waals surface area contributed by atoms with Crippen molar-refractivity contribution in [1.82, 2.24) is 9.72 Å². The van der Waals surface area contributed by atoms with E-state index in [4.69, 9.17) is 18.7 Å². The summed E-state index contributed by atoms with van der Waals surface area (Å²) in [4.78, 5) is 25.2. The van der Waals surface area contributed by atoms with Gasteiger partial charge in [0, 0.05) is 30.1 Å². The van der Waals surface area contributed by atoms with Gasteiger partial charge < -0.3 is 23.3 Å². The van der Waals surface area contributed by atoms with Crippen molar-refractivity contribution in [2.75, 3.05) is 13.2 Å². The van der Waals surface area contributed by atoms with Crippen LogP contribution in [-0.4, -0.2) is 40.8 Å². The summed E-state index contributed by atoms with van der Waals surface area (Å²) in [6.45, 7) is 9.12. The van der Waals surface area contributed by atoms with E-state index in [9.17, 15) is 9.59 Å². The molecule has 2 aromatic heterocycles. The smallest absolute Gasteiger partial charge is 0.338 e. The highest BCUT2D eigenvalue weighted by Crippen LogP contribution is 2.21. The zero-order valence-corrected chi connectivity index (χ0v) is 20.1. The first-order chi connectivity index (χ1) is 16.3. The molecule has 8 nitrogen and oxygen atoms in total. The molecule has 0 aliphatic carbocycles. The predicted octanol–water partition coefficient (Wildman–Crippen LogP) is 4.51. The molecule has 1 aliphatic heterocycles. The van der Waals surface area contributed by atoms with E-state index in [1.165, 1.54) is 0 Å². The minimum absolute atomic E-state index is 0.182. The molecule has 0 amide bonds. The van der Waals surface area contributed by atoms with Crippen molar-refractivity contribution >= 4 is 11.8 Å². The van der Waals surface area contributed by atoms with E-state index in [0.29, 0.717) is 23.5 Å². The molecule has 4 rings (SSSR count). The van der Waals surface area contributed by atoms with Crippen LogP contribution in [0.3, 0.4) is 0 Å². The number of esters is 1. The maximum Gasteiger partial charge on any atom is 0.338 e. The van der Waals surface area contributed by atoms with Crippen LogP contribution < -0.4 is 4.74 Å². The molecule has 1 atom stereocenters. The van der Waals surface area contributed by atoms with Crippen molar-refractivity contribution in [3.05, 3.63) is 69.9 Å². The number of rotatable bonds is 9. The average molecular weight is 467 g/mol. The molecule has 3 heterocycles. The van der Waals surface area contributed by atoms with Gasteiger partial charge in [-0.05, 0) is 70.9 Å². The lowest BCUT2D eigenvalue weighted by atomic mass is 10.1. The Bertz CT molecular complexity index is 1150. The fraction of sp³-hybridized carbons (Fsp3) is 0.423. The number of ketones is 1. The third kappa shape index (κ3) is 5.22. The summed E-state index contributed by atoms with van der Waals surface area (Å²) in [7, 11) is 0.